The molecule has 1 unspecified atom stereocenters. The van der Waals surface area contributed by atoms with Crippen molar-refractivity contribution in [2.75, 3.05) is 0 Å². The van der Waals surface area contributed by atoms with E-state index in [1.807, 2.05) is 0 Å². The number of carbonyl (C=O) groups excluding carboxylic acids is 1. The predicted molar refractivity (Wildman–Crippen MR) is 64.2 cm³/mol. The number of aromatic nitrogens is 2. The Morgan fingerprint density at radius 1 is 1.61 bits per heavy atom. The van der Waals surface area contributed by atoms with Crippen LogP contribution in [0.5, 0.6) is 0 Å². The molecule has 0 radical (unpaired) electrons. The van der Waals surface area contributed by atoms with Crippen molar-refractivity contribution in [3.63, 3.8) is 0 Å². The van der Waals surface area contributed by atoms with Crippen LogP contribution in [0, 0.1) is 12.8 Å². The number of amides is 1. The smallest absolute Gasteiger partial charge is 0.305 e. The van der Waals surface area contributed by atoms with Crippen molar-refractivity contribution < 1.29 is 14.7 Å². The van der Waals surface area contributed by atoms with Gasteiger partial charge in [-0.15, -0.1) is 0 Å². The third-order valence-corrected chi connectivity index (χ3v) is 3.16. The van der Waals surface area contributed by atoms with Crippen molar-refractivity contribution in [1.29, 1.82) is 0 Å². The van der Waals surface area contributed by atoms with Gasteiger partial charge in [-0.2, -0.15) is 5.10 Å². The third-order valence-electron chi connectivity index (χ3n) is 3.16. The molecule has 98 valence electrons. The van der Waals surface area contributed by atoms with E-state index in [-0.39, 0.29) is 18.4 Å². The first-order valence-electron chi connectivity index (χ1n) is 6.00. The Balaban J connectivity index is 2.04. The molecule has 18 heavy (non-hydrogen) atoms. The molecule has 1 amide bonds. The fraction of sp³-hybridized carbons (Fsp3) is 0.583. The summed E-state index contributed by atoms with van der Waals surface area (Å²) in [6, 6.07) is -0.269. The number of nitrogens with one attached hydrogen (secondary N) is 1. The van der Waals surface area contributed by atoms with Crippen LogP contribution in [0.2, 0.25) is 0 Å². The average Bonchev–Trinajstić information content (AvgIpc) is 3.03. The van der Waals surface area contributed by atoms with E-state index < -0.39 is 5.97 Å². The van der Waals surface area contributed by atoms with Gasteiger partial charge in [-0.3, -0.25) is 14.3 Å². The molecule has 0 spiro atoms. The van der Waals surface area contributed by atoms with Crippen LogP contribution in [0.1, 0.15) is 35.3 Å². The maximum absolute atomic E-state index is 12.0. The summed E-state index contributed by atoms with van der Waals surface area (Å²) in [4.78, 5) is 22.8. The molecule has 0 bridgehead atoms. The van der Waals surface area contributed by atoms with Gasteiger partial charge in [0.05, 0.1) is 17.7 Å². The zero-order chi connectivity index (χ0) is 13.3. The van der Waals surface area contributed by atoms with Gasteiger partial charge in [0, 0.05) is 19.3 Å². The van der Waals surface area contributed by atoms with Crippen molar-refractivity contribution in [3.8, 4) is 0 Å². The fourth-order valence-corrected chi connectivity index (χ4v) is 2.09. The summed E-state index contributed by atoms with van der Waals surface area (Å²) in [7, 11) is 1.75. The lowest BCUT2D eigenvalue weighted by Crippen LogP contribution is -2.38. The lowest BCUT2D eigenvalue weighted by atomic mass is 10.1. The largest absolute Gasteiger partial charge is 0.481 e. The van der Waals surface area contributed by atoms with Gasteiger partial charge in [0.15, 0.2) is 0 Å². The number of carboxylic acid groups (broad SMARTS) is 1. The lowest BCUT2D eigenvalue weighted by molar-refractivity contribution is -0.137. The van der Waals surface area contributed by atoms with Gasteiger partial charge in [0.25, 0.3) is 5.91 Å². The molecule has 1 saturated carbocycles. The average molecular weight is 251 g/mol. The van der Waals surface area contributed by atoms with Gasteiger partial charge < -0.3 is 10.4 Å². The van der Waals surface area contributed by atoms with Crippen LogP contribution in [0.15, 0.2) is 6.20 Å². The van der Waals surface area contributed by atoms with Gasteiger partial charge in [-0.1, -0.05) is 0 Å². The number of hydrogen-bond donors (Lipinski definition) is 2. The lowest BCUT2D eigenvalue weighted by Gasteiger charge is -2.15. The summed E-state index contributed by atoms with van der Waals surface area (Å²) in [5, 5.41) is 15.7. The molecular formula is C12H17N3O3. The van der Waals surface area contributed by atoms with E-state index in [4.69, 9.17) is 5.11 Å². The van der Waals surface area contributed by atoms with E-state index >= 15 is 0 Å². The molecule has 2 rings (SSSR count). The zero-order valence-electron chi connectivity index (χ0n) is 10.5. The highest BCUT2D eigenvalue weighted by Gasteiger charge is 2.34. The van der Waals surface area contributed by atoms with Gasteiger partial charge in [-0.05, 0) is 25.7 Å². The Morgan fingerprint density at radius 3 is 2.72 bits per heavy atom. The van der Waals surface area contributed by atoms with E-state index in [1.54, 1.807) is 24.9 Å². The van der Waals surface area contributed by atoms with Gasteiger partial charge in [-0.25, -0.2) is 0 Å². The van der Waals surface area contributed by atoms with E-state index in [0.717, 1.165) is 12.8 Å². The van der Waals surface area contributed by atoms with Crippen LogP contribution in [0.3, 0.4) is 0 Å². The molecule has 1 aliphatic rings. The first-order valence-corrected chi connectivity index (χ1v) is 6.00. The summed E-state index contributed by atoms with van der Waals surface area (Å²) in [5.74, 6) is -0.809. The van der Waals surface area contributed by atoms with Crippen LogP contribution in [-0.4, -0.2) is 32.8 Å². The molecule has 2 N–H and O–H groups in total. The summed E-state index contributed by atoms with van der Waals surface area (Å²) in [6.07, 6.45) is 3.61. The van der Waals surface area contributed by atoms with Crippen LogP contribution in [0.25, 0.3) is 0 Å². The number of hydrogen-bond acceptors (Lipinski definition) is 3. The summed E-state index contributed by atoms with van der Waals surface area (Å²) in [6.45, 7) is 1.76. The minimum atomic E-state index is -0.880. The number of carbonyl (C=O) groups is 2. The van der Waals surface area contributed by atoms with Crippen LogP contribution < -0.4 is 5.32 Å². The second-order valence-electron chi connectivity index (χ2n) is 4.82. The van der Waals surface area contributed by atoms with E-state index in [0.29, 0.717) is 17.2 Å². The van der Waals surface area contributed by atoms with Crippen LogP contribution >= 0.6 is 0 Å². The van der Waals surface area contributed by atoms with Gasteiger partial charge in [0.1, 0.15) is 0 Å². The second-order valence-corrected chi connectivity index (χ2v) is 4.82. The molecule has 0 saturated heterocycles. The molecule has 1 fully saturated rings. The first kappa shape index (κ1) is 12.6. The Hall–Kier alpha value is -1.85. The maximum atomic E-state index is 12.0. The second kappa shape index (κ2) is 4.80. The molecule has 1 aromatic rings. The van der Waals surface area contributed by atoms with Gasteiger partial charge in [0.2, 0.25) is 0 Å². The van der Waals surface area contributed by atoms with Crippen molar-refractivity contribution >= 4 is 11.9 Å². The molecule has 0 aromatic carbocycles. The molecule has 1 aromatic heterocycles. The molecule has 1 aliphatic carbocycles. The minimum absolute atomic E-state index is 0.0181. The predicted octanol–water partition coefficient (Wildman–Crippen LogP) is 0.712. The monoisotopic (exact) mass is 251 g/mol. The van der Waals surface area contributed by atoms with Crippen molar-refractivity contribution in [2.45, 2.75) is 32.2 Å². The number of aryl methyl sites for hydroxylation is 2. The highest BCUT2D eigenvalue weighted by molar-refractivity contribution is 5.95. The Morgan fingerprint density at radius 2 is 2.28 bits per heavy atom. The number of carboxylic acids is 1. The van der Waals surface area contributed by atoms with E-state index in [9.17, 15) is 9.59 Å². The Bertz CT molecular complexity index is 477. The normalized spacial score (nSPS) is 16.3. The molecular weight excluding hydrogens is 234 g/mol. The number of rotatable bonds is 5. The summed E-state index contributed by atoms with van der Waals surface area (Å²) < 4.78 is 1.58. The molecule has 0 aliphatic heterocycles. The SMILES string of the molecule is Cc1nn(C)cc1C(=O)NC(CC(=O)O)C1CC1. The third kappa shape index (κ3) is 2.88. The first-order chi connectivity index (χ1) is 8.47. The highest BCUT2D eigenvalue weighted by Crippen LogP contribution is 2.34. The molecule has 1 heterocycles. The van der Waals surface area contributed by atoms with Crippen molar-refractivity contribution in [3.05, 3.63) is 17.5 Å². The standard InChI is InChI=1S/C12H17N3O3/c1-7-9(6-15(2)14-7)12(18)13-10(5-11(16)17)8-3-4-8/h6,8,10H,3-5H2,1-2H3,(H,13,18)(H,16,17). The Labute approximate surface area is 105 Å². The zero-order valence-corrected chi connectivity index (χ0v) is 10.5. The van der Waals surface area contributed by atoms with Crippen molar-refractivity contribution in [1.82, 2.24) is 15.1 Å². The van der Waals surface area contributed by atoms with E-state index in [2.05, 4.69) is 10.4 Å². The fourth-order valence-electron chi connectivity index (χ4n) is 2.09. The Kier molecular flexibility index (Phi) is 3.36. The van der Waals surface area contributed by atoms with Crippen LogP contribution in [-0.2, 0) is 11.8 Å². The highest BCUT2D eigenvalue weighted by atomic mass is 16.4. The quantitative estimate of drug-likeness (QED) is 0.807. The summed E-state index contributed by atoms with van der Waals surface area (Å²) >= 11 is 0. The number of aliphatic carboxylic acids is 1. The van der Waals surface area contributed by atoms with Gasteiger partial charge >= 0.3 is 5.97 Å². The molecule has 6 heteroatoms. The van der Waals surface area contributed by atoms with E-state index in [1.165, 1.54) is 0 Å². The number of nitrogens with zero attached hydrogens (tertiary/aromatic N) is 2. The minimum Gasteiger partial charge on any atom is -0.481 e. The maximum Gasteiger partial charge on any atom is 0.305 e. The molecule has 6 nitrogen and oxygen atoms in total. The van der Waals surface area contributed by atoms with Crippen molar-refractivity contribution in [2.24, 2.45) is 13.0 Å². The topological polar surface area (TPSA) is 84.2 Å². The molecule has 1 atom stereocenters. The summed E-state index contributed by atoms with van der Waals surface area (Å²) in [5.41, 5.74) is 1.16. The van der Waals surface area contributed by atoms with Crippen LogP contribution in [0.4, 0.5) is 0 Å².